The zero-order valence-corrected chi connectivity index (χ0v) is 13.1. The van der Waals surface area contributed by atoms with Gasteiger partial charge in [-0.15, -0.1) is 0 Å². The van der Waals surface area contributed by atoms with Gasteiger partial charge in [0.05, 0.1) is 12.8 Å². The van der Waals surface area contributed by atoms with Crippen molar-refractivity contribution in [1.82, 2.24) is 9.78 Å². The van der Waals surface area contributed by atoms with Gasteiger partial charge in [-0.25, -0.2) is 4.79 Å². The van der Waals surface area contributed by atoms with Crippen molar-refractivity contribution < 1.29 is 13.9 Å². The molecule has 0 aliphatic rings. The normalized spacial score (nSPS) is 10.5. The predicted octanol–water partition coefficient (Wildman–Crippen LogP) is 3.39. The van der Waals surface area contributed by atoms with Gasteiger partial charge in [0.1, 0.15) is 11.5 Å². The van der Waals surface area contributed by atoms with Gasteiger partial charge in [0.25, 0.3) is 0 Å². The van der Waals surface area contributed by atoms with Crippen LogP contribution in [0.4, 0.5) is 0 Å². The van der Waals surface area contributed by atoms with E-state index in [0.29, 0.717) is 17.2 Å². The Morgan fingerprint density at radius 3 is 2.32 bits per heavy atom. The third-order valence-electron chi connectivity index (χ3n) is 2.86. The molecule has 2 aromatic carbocycles. The fourth-order valence-electron chi connectivity index (χ4n) is 1.79. The zero-order chi connectivity index (χ0) is 15.5. The van der Waals surface area contributed by atoms with Crippen LogP contribution < -0.4 is 15.2 Å². The lowest BCUT2D eigenvalue weighted by Crippen LogP contribution is -2.13. The highest BCUT2D eigenvalue weighted by Gasteiger charge is 2.12. The van der Waals surface area contributed by atoms with E-state index >= 15 is 0 Å². The molecule has 0 atom stereocenters. The first kappa shape index (κ1) is 14.4. The summed E-state index contributed by atoms with van der Waals surface area (Å²) in [6.45, 7) is 0. The van der Waals surface area contributed by atoms with Crippen molar-refractivity contribution in [2.45, 2.75) is 0 Å². The fraction of sp³-hybridized carbons (Fsp3) is 0.0667. The van der Waals surface area contributed by atoms with E-state index in [9.17, 15) is 4.79 Å². The van der Waals surface area contributed by atoms with Crippen LogP contribution in [0.3, 0.4) is 0 Å². The van der Waals surface area contributed by atoms with Crippen molar-refractivity contribution in [3.8, 4) is 23.3 Å². The second-order valence-electron chi connectivity index (χ2n) is 4.30. The van der Waals surface area contributed by atoms with Gasteiger partial charge >= 0.3 is 11.8 Å². The molecule has 22 heavy (non-hydrogen) atoms. The minimum absolute atomic E-state index is 0.127. The molecule has 3 rings (SSSR count). The molecule has 0 aliphatic carbocycles. The standard InChI is InChI=1S/C15H11BrN2O4/c1-20-12-6-8-13(9-7-12)21-14-17-18(15(19)22-14)11-4-2-10(16)3-5-11/h2-9H,1H3. The minimum Gasteiger partial charge on any atom is -0.497 e. The second kappa shape index (κ2) is 6.07. The highest BCUT2D eigenvalue weighted by Crippen LogP contribution is 2.22. The molecule has 0 fully saturated rings. The maximum atomic E-state index is 11.8. The van der Waals surface area contributed by atoms with E-state index in [0.717, 1.165) is 9.15 Å². The van der Waals surface area contributed by atoms with Crippen LogP contribution in [-0.2, 0) is 0 Å². The van der Waals surface area contributed by atoms with E-state index in [-0.39, 0.29) is 6.08 Å². The van der Waals surface area contributed by atoms with Crippen LogP contribution in [0.5, 0.6) is 17.6 Å². The van der Waals surface area contributed by atoms with Gasteiger partial charge in [0.2, 0.25) is 0 Å². The number of ether oxygens (including phenoxy) is 2. The second-order valence-corrected chi connectivity index (χ2v) is 5.22. The van der Waals surface area contributed by atoms with Crippen LogP contribution in [0.1, 0.15) is 0 Å². The lowest BCUT2D eigenvalue weighted by molar-refractivity contribution is 0.319. The maximum absolute atomic E-state index is 11.8. The third kappa shape index (κ3) is 3.04. The summed E-state index contributed by atoms with van der Waals surface area (Å²) in [6.07, 6.45) is -0.127. The van der Waals surface area contributed by atoms with Gasteiger partial charge in [0, 0.05) is 4.47 Å². The van der Waals surface area contributed by atoms with Crippen LogP contribution >= 0.6 is 15.9 Å². The molecule has 6 nitrogen and oxygen atoms in total. The molecule has 1 aromatic heterocycles. The molecule has 0 aliphatic heterocycles. The Kier molecular flexibility index (Phi) is 3.97. The molecule has 112 valence electrons. The van der Waals surface area contributed by atoms with Crippen molar-refractivity contribution in [1.29, 1.82) is 0 Å². The first-order chi connectivity index (χ1) is 10.7. The van der Waals surface area contributed by atoms with Crippen molar-refractivity contribution in [2.75, 3.05) is 7.11 Å². The highest BCUT2D eigenvalue weighted by atomic mass is 79.9. The average Bonchev–Trinajstić information content (AvgIpc) is 2.89. The van der Waals surface area contributed by atoms with Gasteiger partial charge in [-0.05, 0) is 48.5 Å². The van der Waals surface area contributed by atoms with Gasteiger partial charge < -0.3 is 13.9 Å². The Morgan fingerprint density at radius 2 is 1.68 bits per heavy atom. The van der Waals surface area contributed by atoms with Gasteiger partial charge in [-0.3, -0.25) is 0 Å². The quantitative estimate of drug-likeness (QED) is 0.711. The number of rotatable bonds is 4. The van der Waals surface area contributed by atoms with Crippen LogP contribution in [0.25, 0.3) is 5.69 Å². The zero-order valence-electron chi connectivity index (χ0n) is 11.5. The topological polar surface area (TPSA) is 66.5 Å². The summed E-state index contributed by atoms with van der Waals surface area (Å²) in [5.74, 6) is 0.574. The van der Waals surface area contributed by atoms with Crippen LogP contribution in [0.2, 0.25) is 0 Å². The number of benzene rings is 2. The number of nitrogens with zero attached hydrogens (tertiary/aromatic N) is 2. The fourth-order valence-corrected chi connectivity index (χ4v) is 2.06. The summed E-state index contributed by atoms with van der Waals surface area (Å²) in [5, 5.41) is 4.02. The Morgan fingerprint density at radius 1 is 1.05 bits per heavy atom. The first-order valence-corrected chi connectivity index (χ1v) is 7.13. The Bertz CT molecular complexity index is 822. The SMILES string of the molecule is COc1ccc(Oc2nn(-c3ccc(Br)cc3)c(=O)o2)cc1. The predicted molar refractivity (Wildman–Crippen MR) is 82.9 cm³/mol. The van der Waals surface area contributed by atoms with E-state index in [1.165, 1.54) is 0 Å². The lowest BCUT2D eigenvalue weighted by atomic mass is 10.3. The molecule has 3 aromatic rings. The Labute approximate surface area is 134 Å². The van der Waals surface area contributed by atoms with Crippen molar-refractivity contribution in [3.63, 3.8) is 0 Å². The Balaban J connectivity index is 1.85. The molecule has 0 saturated carbocycles. The maximum Gasteiger partial charge on any atom is 0.444 e. The molecule has 7 heteroatoms. The number of methoxy groups -OCH3 is 1. The van der Waals surface area contributed by atoms with Crippen molar-refractivity contribution in [2.24, 2.45) is 0 Å². The number of halogens is 1. The molecule has 0 unspecified atom stereocenters. The van der Waals surface area contributed by atoms with E-state index in [1.54, 1.807) is 55.6 Å². The summed E-state index contributed by atoms with van der Waals surface area (Å²) >= 11 is 3.33. The molecule has 1 heterocycles. The number of aromatic nitrogens is 2. The molecule has 0 spiro atoms. The number of hydrogen-bond acceptors (Lipinski definition) is 5. The molecule has 0 radical (unpaired) electrons. The summed E-state index contributed by atoms with van der Waals surface area (Å²) in [4.78, 5) is 11.8. The monoisotopic (exact) mass is 362 g/mol. The van der Waals surface area contributed by atoms with Gasteiger partial charge in [-0.1, -0.05) is 21.0 Å². The highest BCUT2D eigenvalue weighted by molar-refractivity contribution is 9.10. The van der Waals surface area contributed by atoms with E-state index in [4.69, 9.17) is 13.9 Å². The molecule has 0 saturated heterocycles. The minimum atomic E-state index is -0.620. The molecular formula is C15H11BrN2O4. The summed E-state index contributed by atoms with van der Waals surface area (Å²) < 4.78 is 17.5. The van der Waals surface area contributed by atoms with Gasteiger partial charge in [0.15, 0.2) is 0 Å². The lowest BCUT2D eigenvalue weighted by Gasteiger charge is -2.02. The molecule has 0 amide bonds. The summed E-state index contributed by atoms with van der Waals surface area (Å²) in [6, 6.07) is 13.9. The summed E-state index contributed by atoms with van der Waals surface area (Å²) in [5.41, 5.74) is 0.585. The van der Waals surface area contributed by atoms with E-state index in [1.807, 2.05) is 0 Å². The molecule has 0 bridgehead atoms. The molecule has 0 N–H and O–H groups in total. The molecular weight excluding hydrogens is 352 g/mol. The van der Waals surface area contributed by atoms with Crippen LogP contribution in [-0.4, -0.2) is 16.9 Å². The summed E-state index contributed by atoms with van der Waals surface area (Å²) in [7, 11) is 1.58. The first-order valence-electron chi connectivity index (χ1n) is 6.34. The van der Waals surface area contributed by atoms with Crippen LogP contribution in [0, 0.1) is 0 Å². The average molecular weight is 363 g/mol. The van der Waals surface area contributed by atoms with Crippen LogP contribution in [0.15, 0.2) is 62.2 Å². The number of hydrogen-bond donors (Lipinski definition) is 0. The van der Waals surface area contributed by atoms with Crippen molar-refractivity contribution in [3.05, 3.63) is 63.6 Å². The van der Waals surface area contributed by atoms with Gasteiger partial charge in [-0.2, -0.15) is 4.68 Å². The van der Waals surface area contributed by atoms with E-state index < -0.39 is 5.76 Å². The Hall–Kier alpha value is -2.54. The van der Waals surface area contributed by atoms with E-state index in [2.05, 4.69) is 21.0 Å². The third-order valence-corrected chi connectivity index (χ3v) is 3.39. The smallest absolute Gasteiger partial charge is 0.444 e. The van der Waals surface area contributed by atoms with Crippen molar-refractivity contribution >= 4 is 15.9 Å². The largest absolute Gasteiger partial charge is 0.497 e.